The summed E-state index contributed by atoms with van der Waals surface area (Å²) in [6, 6.07) is 0. The van der Waals surface area contributed by atoms with Crippen molar-refractivity contribution in [1.29, 1.82) is 0 Å². The van der Waals surface area contributed by atoms with Gasteiger partial charge in [-0.3, -0.25) is 0 Å². The van der Waals surface area contributed by atoms with Gasteiger partial charge in [0.25, 0.3) is 0 Å². The normalized spacial score (nSPS) is 4.36. The molecular weight excluding hydrogens is 346 g/mol. The van der Waals surface area contributed by atoms with Gasteiger partial charge in [-0.1, -0.05) is 0 Å². The standard InChI is InChI=1S/CH2O4Si.Fe.In.K.2O.H/c2-1(3)5-6-4;;;;;;/h6H,(H,2,3);;;;;;/q;;;+1;;;/p-1. The molecule has 11 heavy (non-hydrogen) atoms. The second-order valence-corrected chi connectivity index (χ2v) is 0.892. The molecule has 58 valence electrons. The zero-order valence-corrected chi connectivity index (χ0v) is 15.0. The third kappa shape index (κ3) is 48.5. The van der Waals surface area contributed by atoms with Gasteiger partial charge >= 0.3 is 108 Å². The van der Waals surface area contributed by atoms with Crippen molar-refractivity contribution >= 4 is 40.2 Å². The van der Waals surface area contributed by atoms with E-state index >= 15 is 0 Å². The SMILES string of the molecule is O=[SiH]OC(=O)[O-].[K+].[O]=[Fe].[O]=[InH]. The van der Waals surface area contributed by atoms with Gasteiger partial charge in [0.2, 0.25) is 6.16 Å². The zero-order valence-electron chi connectivity index (χ0n) is 5.59. The second kappa shape index (κ2) is 29.7. The molecule has 0 aliphatic heterocycles. The number of carboxylic acid groups (broad SMARTS) is 1. The third-order valence-corrected chi connectivity index (χ3v) is 0.433. The fourth-order valence-electron chi connectivity index (χ4n) is 0.0393. The van der Waals surface area contributed by atoms with Gasteiger partial charge in [-0.2, -0.15) is 0 Å². The molecule has 0 aliphatic rings. The van der Waals surface area contributed by atoms with Crippen LogP contribution in [-0.4, -0.2) is 40.2 Å². The Morgan fingerprint density at radius 2 is 1.73 bits per heavy atom. The van der Waals surface area contributed by atoms with Crippen LogP contribution in [-0.2, 0) is 31.5 Å². The number of hydrogen-bond acceptors (Lipinski definition) is 6. The Kier molecular flexibility index (Phi) is 62.3. The first-order valence-corrected chi connectivity index (χ1v) is 4.56. The van der Waals surface area contributed by atoms with Crippen LogP contribution in [0, 0.1) is 0 Å². The summed E-state index contributed by atoms with van der Waals surface area (Å²) in [6.07, 6.45) is -1.74. The van der Waals surface area contributed by atoms with E-state index in [0.717, 1.165) is 0 Å². The van der Waals surface area contributed by atoms with Crippen LogP contribution in [0.25, 0.3) is 0 Å². The first kappa shape index (κ1) is 23.1. The minimum absolute atomic E-state index is 0. The molecular formula is CH2FeInKO6Si. The van der Waals surface area contributed by atoms with Crippen LogP contribution in [0.5, 0.6) is 0 Å². The number of carbonyl (C=O) groups is 1. The Morgan fingerprint density at radius 1 is 1.45 bits per heavy atom. The van der Waals surface area contributed by atoms with Crippen molar-refractivity contribution in [1.82, 2.24) is 0 Å². The molecule has 0 fully saturated rings. The summed E-state index contributed by atoms with van der Waals surface area (Å²) in [7, 11) is -1.66. The number of rotatable bonds is 1. The predicted octanol–water partition coefficient (Wildman–Crippen LogP) is -5.84. The van der Waals surface area contributed by atoms with Crippen LogP contribution in [0.1, 0.15) is 0 Å². The molecule has 0 aromatic heterocycles. The van der Waals surface area contributed by atoms with Gasteiger partial charge in [-0.15, -0.1) is 0 Å². The van der Waals surface area contributed by atoms with Gasteiger partial charge in [0.05, 0.1) is 0 Å². The Bertz CT molecular complexity index is 101. The molecule has 0 aromatic rings. The van der Waals surface area contributed by atoms with E-state index in [-0.39, 0.29) is 75.8 Å². The predicted molar refractivity (Wildman–Crippen MR) is 22.8 cm³/mol. The van der Waals surface area contributed by atoms with Gasteiger partial charge < -0.3 is 18.8 Å². The molecule has 0 spiro atoms. The van der Waals surface area contributed by atoms with Crippen LogP contribution < -0.4 is 56.5 Å². The van der Waals surface area contributed by atoms with Crippen molar-refractivity contribution in [3.05, 3.63) is 0 Å². The molecule has 6 nitrogen and oxygen atoms in total. The Hall–Kier alpha value is 1.91. The summed E-state index contributed by atoms with van der Waals surface area (Å²) in [5, 5.41) is 9.09. The van der Waals surface area contributed by atoms with Crippen molar-refractivity contribution in [2.45, 2.75) is 0 Å². The average Bonchev–Trinajstić information content (AvgIpc) is 1.96. The van der Waals surface area contributed by atoms with Gasteiger partial charge in [0, 0.05) is 0 Å². The third-order valence-electron chi connectivity index (χ3n) is 0.144. The van der Waals surface area contributed by atoms with E-state index in [1.807, 2.05) is 15.9 Å². The average molecular weight is 348 g/mol. The molecule has 0 rings (SSSR count). The molecule has 0 unspecified atom stereocenters. The van der Waals surface area contributed by atoms with E-state index < -0.39 is 15.8 Å². The Morgan fingerprint density at radius 3 is 1.73 bits per heavy atom. The van der Waals surface area contributed by atoms with Gasteiger partial charge in [0.1, 0.15) is 0 Å². The monoisotopic (exact) mass is 348 g/mol. The molecule has 0 aromatic carbocycles. The summed E-state index contributed by atoms with van der Waals surface area (Å²) >= 11 is 1.90. The van der Waals surface area contributed by atoms with Crippen molar-refractivity contribution in [2.75, 3.05) is 0 Å². The summed E-state index contributed by atoms with van der Waals surface area (Å²) < 4.78 is 29.0. The molecule has 0 saturated heterocycles. The van der Waals surface area contributed by atoms with Gasteiger partial charge in [-0.05, 0) is 0 Å². The molecule has 0 radical (unpaired) electrons. The number of carbonyl (C=O) groups excluding carboxylic acids is 1. The van der Waals surface area contributed by atoms with Gasteiger partial charge in [-0.25, -0.2) is 0 Å². The van der Waals surface area contributed by atoms with Crippen LogP contribution in [0.4, 0.5) is 4.79 Å². The van der Waals surface area contributed by atoms with Crippen LogP contribution in [0.2, 0.25) is 0 Å². The molecule has 0 atom stereocenters. The van der Waals surface area contributed by atoms with E-state index in [1.54, 1.807) is 0 Å². The van der Waals surface area contributed by atoms with Crippen molar-refractivity contribution in [2.24, 2.45) is 0 Å². The number of hydrogen-bond donors (Lipinski definition) is 0. The Balaban J connectivity index is -0.0000000428. The van der Waals surface area contributed by atoms with Crippen LogP contribution >= 0.6 is 0 Å². The summed E-state index contributed by atoms with van der Waals surface area (Å²) in [6.45, 7) is 0. The van der Waals surface area contributed by atoms with Crippen LogP contribution in [0.15, 0.2) is 0 Å². The second-order valence-electron chi connectivity index (χ2n) is 0.464. The molecule has 0 saturated carbocycles. The molecule has 10 heteroatoms. The van der Waals surface area contributed by atoms with E-state index in [9.17, 15) is 4.46 Å². The van der Waals surface area contributed by atoms with Crippen LogP contribution in [0.3, 0.4) is 0 Å². The fourth-order valence-corrected chi connectivity index (χ4v) is 0.118. The van der Waals surface area contributed by atoms with Crippen molar-refractivity contribution < 1.29 is 92.8 Å². The van der Waals surface area contributed by atoms with E-state index in [0.29, 0.717) is 0 Å². The zero-order chi connectivity index (χ0) is 8.99. The maximum absolute atomic E-state index is 9.18. The van der Waals surface area contributed by atoms with Crippen molar-refractivity contribution in [3.8, 4) is 0 Å². The Labute approximate surface area is 130 Å². The molecule has 0 bridgehead atoms. The first-order chi connectivity index (χ1) is 4.77. The van der Waals surface area contributed by atoms with Crippen molar-refractivity contribution in [3.63, 3.8) is 0 Å². The first-order valence-electron chi connectivity index (χ1n) is 1.52. The fraction of sp³-hybridized carbons (Fsp3) is 0. The minimum atomic E-state index is -1.74. The summed E-state index contributed by atoms with van der Waals surface area (Å²) in [4.78, 5) is 9.09. The molecule has 0 amide bonds. The van der Waals surface area contributed by atoms with Gasteiger partial charge in [0.15, 0.2) is 0 Å². The quantitative estimate of drug-likeness (QED) is 0.438. The van der Waals surface area contributed by atoms with E-state index in [2.05, 4.69) is 4.43 Å². The summed E-state index contributed by atoms with van der Waals surface area (Å²) in [5.74, 6) is 0. The molecule has 0 aliphatic carbocycles. The topological polar surface area (TPSA) is 101 Å². The van der Waals surface area contributed by atoms with E-state index in [1.165, 1.54) is 0 Å². The van der Waals surface area contributed by atoms with E-state index in [4.69, 9.17) is 16.6 Å². The summed E-state index contributed by atoms with van der Waals surface area (Å²) in [5.41, 5.74) is 0. The maximum atomic E-state index is 9.18. The molecule has 0 heterocycles. The molecule has 0 N–H and O–H groups in total.